The van der Waals surface area contributed by atoms with E-state index < -0.39 is 0 Å². The second kappa shape index (κ2) is 6.24. The molecule has 1 saturated carbocycles. The summed E-state index contributed by atoms with van der Waals surface area (Å²) in [5, 5.41) is 7.31. The molecule has 0 amide bonds. The number of rotatable bonds is 5. The molecule has 3 heteroatoms. The molecule has 3 N–H and O–H groups in total. The van der Waals surface area contributed by atoms with Crippen molar-refractivity contribution in [3.05, 3.63) is 0 Å². The van der Waals surface area contributed by atoms with Crippen LogP contribution >= 0.6 is 0 Å². The maximum Gasteiger partial charge on any atom is 0.0918 e. The highest BCUT2D eigenvalue weighted by atomic mass is 15.1. The molecule has 3 nitrogen and oxygen atoms in total. The molecule has 0 aromatic rings. The SMILES string of the molecule is CCN(CCC(=N)N)C1CC(C)CC(C)C1. The molecule has 1 fully saturated rings. The third-order valence-electron chi connectivity index (χ3n) is 3.74. The molecule has 1 rings (SSSR count). The number of nitrogens with two attached hydrogens (primary N) is 1. The minimum absolute atomic E-state index is 0.315. The fourth-order valence-electron chi connectivity index (χ4n) is 3.07. The van der Waals surface area contributed by atoms with Gasteiger partial charge in [0.2, 0.25) is 0 Å². The normalized spacial score (nSPS) is 30.6. The van der Waals surface area contributed by atoms with Crippen LogP contribution in [0.25, 0.3) is 0 Å². The first-order valence-electron chi connectivity index (χ1n) is 6.59. The molecule has 0 saturated heterocycles. The summed E-state index contributed by atoms with van der Waals surface area (Å²) in [5.41, 5.74) is 5.44. The number of hydrogen-bond acceptors (Lipinski definition) is 2. The fraction of sp³-hybridized carbons (Fsp3) is 0.923. The Labute approximate surface area is 99.9 Å². The molecule has 0 aromatic heterocycles. The number of hydrogen-bond donors (Lipinski definition) is 2. The lowest BCUT2D eigenvalue weighted by atomic mass is 9.80. The van der Waals surface area contributed by atoms with E-state index in [-0.39, 0.29) is 0 Å². The van der Waals surface area contributed by atoms with Gasteiger partial charge in [-0.25, -0.2) is 0 Å². The quantitative estimate of drug-likeness (QED) is 0.558. The Bertz CT molecular complexity index is 217. The van der Waals surface area contributed by atoms with Crippen molar-refractivity contribution in [1.82, 2.24) is 4.90 Å². The third kappa shape index (κ3) is 4.12. The van der Waals surface area contributed by atoms with E-state index in [0.717, 1.165) is 24.9 Å². The Morgan fingerprint density at radius 1 is 1.25 bits per heavy atom. The average Bonchev–Trinajstić information content (AvgIpc) is 2.16. The van der Waals surface area contributed by atoms with Crippen molar-refractivity contribution in [3.8, 4) is 0 Å². The van der Waals surface area contributed by atoms with E-state index in [2.05, 4.69) is 25.7 Å². The van der Waals surface area contributed by atoms with Crippen molar-refractivity contribution in [2.24, 2.45) is 17.6 Å². The maximum absolute atomic E-state index is 7.31. The van der Waals surface area contributed by atoms with Gasteiger partial charge in [0, 0.05) is 19.0 Å². The second-order valence-electron chi connectivity index (χ2n) is 5.48. The van der Waals surface area contributed by atoms with Gasteiger partial charge < -0.3 is 10.6 Å². The highest BCUT2D eigenvalue weighted by Crippen LogP contribution is 2.31. The molecule has 0 aromatic carbocycles. The van der Waals surface area contributed by atoms with Crippen LogP contribution in [0, 0.1) is 17.2 Å². The Morgan fingerprint density at radius 3 is 2.25 bits per heavy atom. The zero-order valence-corrected chi connectivity index (χ0v) is 11.0. The van der Waals surface area contributed by atoms with Crippen molar-refractivity contribution in [1.29, 1.82) is 5.41 Å². The summed E-state index contributed by atoms with van der Waals surface area (Å²) in [4.78, 5) is 2.51. The van der Waals surface area contributed by atoms with Crippen LogP contribution in [0.5, 0.6) is 0 Å². The molecule has 0 aliphatic heterocycles. The fourth-order valence-corrected chi connectivity index (χ4v) is 3.07. The molecule has 16 heavy (non-hydrogen) atoms. The molecular formula is C13H27N3. The van der Waals surface area contributed by atoms with Crippen LogP contribution in [0.2, 0.25) is 0 Å². The van der Waals surface area contributed by atoms with E-state index in [9.17, 15) is 0 Å². The van der Waals surface area contributed by atoms with Crippen LogP contribution < -0.4 is 5.73 Å². The average molecular weight is 225 g/mol. The lowest BCUT2D eigenvalue weighted by Crippen LogP contribution is -2.41. The zero-order valence-electron chi connectivity index (χ0n) is 11.0. The van der Waals surface area contributed by atoms with Crippen molar-refractivity contribution in [2.75, 3.05) is 13.1 Å². The van der Waals surface area contributed by atoms with E-state index >= 15 is 0 Å². The Balaban J connectivity index is 2.47. The molecule has 0 spiro atoms. The second-order valence-corrected chi connectivity index (χ2v) is 5.48. The van der Waals surface area contributed by atoms with Gasteiger partial charge in [0.25, 0.3) is 0 Å². The van der Waals surface area contributed by atoms with Gasteiger partial charge in [-0.3, -0.25) is 5.41 Å². The van der Waals surface area contributed by atoms with Gasteiger partial charge >= 0.3 is 0 Å². The first-order chi connectivity index (χ1) is 7.52. The number of nitrogens with zero attached hydrogens (tertiary/aromatic N) is 1. The summed E-state index contributed by atoms with van der Waals surface area (Å²) in [7, 11) is 0. The predicted molar refractivity (Wildman–Crippen MR) is 69.7 cm³/mol. The summed E-state index contributed by atoms with van der Waals surface area (Å²) in [6.45, 7) is 8.97. The van der Waals surface area contributed by atoms with Gasteiger partial charge in [0.1, 0.15) is 0 Å². The Hall–Kier alpha value is -0.570. The monoisotopic (exact) mass is 225 g/mol. The lowest BCUT2D eigenvalue weighted by molar-refractivity contribution is 0.117. The Morgan fingerprint density at radius 2 is 1.81 bits per heavy atom. The van der Waals surface area contributed by atoms with Crippen molar-refractivity contribution in [2.45, 2.75) is 52.5 Å². The molecule has 0 radical (unpaired) electrons. The molecule has 2 atom stereocenters. The standard InChI is InChI=1S/C13H27N3/c1-4-16(6-5-13(14)15)12-8-10(2)7-11(3)9-12/h10-12H,4-9H2,1-3H3,(H3,14,15). The molecule has 0 bridgehead atoms. The summed E-state index contributed by atoms with van der Waals surface area (Å²) in [6.07, 6.45) is 4.72. The largest absolute Gasteiger partial charge is 0.388 e. The predicted octanol–water partition coefficient (Wildman–Crippen LogP) is 2.46. The van der Waals surface area contributed by atoms with Crippen LogP contribution in [-0.4, -0.2) is 29.9 Å². The van der Waals surface area contributed by atoms with Crippen LogP contribution in [0.15, 0.2) is 0 Å². The van der Waals surface area contributed by atoms with Gasteiger partial charge in [-0.15, -0.1) is 0 Å². The number of nitrogens with one attached hydrogen (secondary N) is 1. The smallest absolute Gasteiger partial charge is 0.0918 e. The lowest BCUT2D eigenvalue weighted by Gasteiger charge is -2.38. The number of amidine groups is 1. The molecule has 0 heterocycles. The molecule has 1 aliphatic rings. The molecule has 94 valence electrons. The highest BCUT2D eigenvalue weighted by molar-refractivity contribution is 5.76. The van der Waals surface area contributed by atoms with Gasteiger partial charge in [0.05, 0.1) is 5.84 Å². The highest BCUT2D eigenvalue weighted by Gasteiger charge is 2.27. The van der Waals surface area contributed by atoms with Gasteiger partial charge in [-0.2, -0.15) is 0 Å². The third-order valence-corrected chi connectivity index (χ3v) is 3.74. The summed E-state index contributed by atoms with van der Waals surface area (Å²) < 4.78 is 0. The first-order valence-corrected chi connectivity index (χ1v) is 6.59. The van der Waals surface area contributed by atoms with Crippen LogP contribution in [-0.2, 0) is 0 Å². The summed E-state index contributed by atoms with van der Waals surface area (Å²) in [6, 6.07) is 0.711. The van der Waals surface area contributed by atoms with Crippen molar-refractivity contribution >= 4 is 5.84 Å². The minimum atomic E-state index is 0.315. The van der Waals surface area contributed by atoms with Crippen molar-refractivity contribution < 1.29 is 0 Å². The van der Waals surface area contributed by atoms with E-state index in [0.29, 0.717) is 18.3 Å². The minimum Gasteiger partial charge on any atom is -0.388 e. The first kappa shape index (κ1) is 13.5. The summed E-state index contributed by atoms with van der Waals surface area (Å²) >= 11 is 0. The van der Waals surface area contributed by atoms with Gasteiger partial charge in [-0.05, 0) is 37.6 Å². The van der Waals surface area contributed by atoms with Gasteiger partial charge in [0.15, 0.2) is 0 Å². The van der Waals surface area contributed by atoms with E-state index in [1.165, 1.54) is 19.3 Å². The van der Waals surface area contributed by atoms with Crippen LogP contribution in [0.3, 0.4) is 0 Å². The molecule has 2 unspecified atom stereocenters. The molecular weight excluding hydrogens is 198 g/mol. The Kier molecular flexibility index (Phi) is 5.26. The van der Waals surface area contributed by atoms with E-state index in [1.54, 1.807) is 0 Å². The van der Waals surface area contributed by atoms with E-state index in [4.69, 9.17) is 11.1 Å². The van der Waals surface area contributed by atoms with Crippen LogP contribution in [0.1, 0.15) is 46.5 Å². The maximum atomic E-state index is 7.31. The van der Waals surface area contributed by atoms with E-state index in [1.807, 2.05) is 0 Å². The summed E-state index contributed by atoms with van der Waals surface area (Å²) in [5.74, 6) is 2.01. The topological polar surface area (TPSA) is 53.1 Å². The van der Waals surface area contributed by atoms with Crippen LogP contribution in [0.4, 0.5) is 0 Å². The molecule has 1 aliphatic carbocycles. The van der Waals surface area contributed by atoms with Crippen molar-refractivity contribution in [3.63, 3.8) is 0 Å². The zero-order chi connectivity index (χ0) is 12.1. The van der Waals surface area contributed by atoms with Gasteiger partial charge in [-0.1, -0.05) is 20.8 Å².